The zero-order valence-electron chi connectivity index (χ0n) is 14.3. The highest BCUT2D eigenvalue weighted by Crippen LogP contribution is 2.23. The molecule has 0 amide bonds. The number of nitrogens with zero attached hydrogens (tertiary/aromatic N) is 1. The summed E-state index contributed by atoms with van der Waals surface area (Å²) < 4.78 is 0. The summed E-state index contributed by atoms with van der Waals surface area (Å²) in [4.78, 5) is 31.6. The van der Waals surface area contributed by atoms with Crippen LogP contribution in [0, 0.1) is 18.8 Å². The number of aromatic carboxylic acids is 1. The molecule has 0 unspecified atom stereocenters. The van der Waals surface area contributed by atoms with Crippen LogP contribution >= 0.6 is 11.8 Å². The second-order valence-corrected chi connectivity index (χ2v) is 6.69. The van der Waals surface area contributed by atoms with Crippen LogP contribution in [0.5, 0.6) is 0 Å². The first-order chi connectivity index (χ1) is 12.5. The van der Waals surface area contributed by atoms with Crippen LogP contribution in [-0.4, -0.2) is 21.0 Å². The third kappa shape index (κ3) is 3.63. The van der Waals surface area contributed by atoms with Gasteiger partial charge in [0.15, 0.2) is 0 Å². The molecule has 0 saturated carbocycles. The van der Waals surface area contributed by atoms with Crippen LogP contribution in [-0.2, 0) is 5.75 Å². The van der Waals surface area contributed by atoms with Crippen molar-refractivity contribution in [3.8, 4) is 11.8 Å². The van der Waals surface area contributed by atoms with E-state index in [9.17, 15) is 9.59 Å². The molecule has 2 aromatic carbocycles. The van der Waals surface area contributed by atoms with Gasteiger partial charge in [0.1, 0.15) is 5.82 Å². The Bertz CT molecular complexity index is 1110. The van der Waals surface area contributed by atoms with Gasteiger partial charge in [0.25, 0.3) is 5.56 Å². The quantitative estimate of drug-likeness (QED) is 0.546. The van der Waals surface area contributed by atoms with E-state index in [2.05, 4.69) is 21.8 Å². The molecule has 0 spiro atoms. The molecule has 0 atom stereocenters. The minimum atomic E-state index is -0.955. The molecule has 2 N–H and O–H groups in total. The highest BCUT2D eigenvalue weighted by Gasteiger charge is 2.09. The van der Waals surface area contributed by atoms with Crippen molar-refractivity contribution in [1.82, 2.24) is 9.97 Å². The van der Waals surface area contributed by atoms with Crippen molar-refractivity contribution in [2.24, 2.45) is 0 Å². The number of nitrogens with one attached hydrogen (secondary N) is 1. The Morgan fingerprint density at radius 1 is 1.23 bits per heavy atom. The van der Waals surface area contributed by atoms with Crippen LogP contribution in [0.4, 0.5) is 0 Å². The molecule has 0 radical (unpaired) electrons. The first kappa shape index (κ1) is 17.8. The van der Waals surface area contributed by atoms with Gasteiger partial charge in [0.05, 0.1) is 22.2 Å². The third-order valence-corrected chi connectivity index (χ3v) is 4.94. The van der Waals surface area contributed by atoms with Gasteiger partial charge in [0.2, 0.25) is 0 Å². The number of hydrogen-bond donors (Lipinski definition) is 2. The maximum atomic E-state index is 12.3. The monoisotopic (exact) mass is 364 g/mol. The Labute approximate surface area is 154 Å². The van der Waals surface area contributed by atoms with Gasteiger partial charge in [-0.2, -0.15) is 0 Å². The average Bonchev–Trinajstić information content (AvgIpc) is 2.63. The summed E-state index contributed by atoms with van der Waals surface area (Å²) in [5, 5.41) is 9.48. The number of benzene rings is 2. The molecule has 5 nitrogen and oxygen atoms in total. The topological polar surface area (TPSA) is 83.0 Å². The molecular weight excluding hydrogens is 348 g/mol. The molecule has 130 valence electrons. The fourth-order valence-corrected chi connectivity index (χ4v) is 3.34. The second-order valence-electron chi connectivity index (χ2n) is 5.64. The van der Waals surface area contributed by atoms with Crippen LogP contribution in [0.15, 0.2) is 46.1 Å². The van der Waals surface area contributed by atoms with Crippen molar-refractivity contribution >= 4 is 28.6 Å². The smallest absolute Gasteiger partial charge is 0.335 e. The fourth-order valence-electron chi connectivity index (χ4n) is 2.57. The van der Waals surface area contributed by atoms with Crippen molar-refractivity contribution in [2.75, 3.05) is 0 Å². The van der Waals surface area contributed by atoms with Gasteiger partial charge in [-0.1, -0.05) is 5.92 Å². The molecule has 1 aromatic heterocycles. The molecule has 0 aliphatic rings. The Balaban J connectivity index is 1.90. The molecule has 26 heavy (non-hydrogen) atoms. The number of fused-ring (bicyclic) bond motifs is 1. The predicted octanol–water partition coefficient (Wildman–Crippen LogP) is 3.59. The van der Waals surface area contributed by atoms with E-state index >= 15 is 0 Å². The summed E-state index contributed by atoms with van der Waals surface area (Å²) in [6.45, 7) is 3.68. The van der Waals surface area contributed by atoms with Gasteiger partial charge < -0.3 is 10.1 Å². The van der Waals surface area contributed by atoms with Crippen molar-refractivity contribution < 1.29 is 9.90 Å². The third-order valence-electron chi connectivity index (χ3n) is 3.92. The first-order valence-electron chi connectivity index (χ1n) is 7.91. The number of aromatic amines is 1. The molecule has 0 aliphatic carbocycles. The number of carboxylic acid groups (broad SMARTS) is 1. The second kappa shape index (κ2) is 7.46. The number of aryl methyl sites for hydroxylation is 1. The van der Waals surface area contributed by atoms with Gasteiger partial charge in [-0.3, -0.25) is 4.79 Å². The lowest BCUT2D eigenvalue weighted by atomic mass is 10.1. The van der Waals surface area contributed by atoms with E-state index in [1.165, 1.54) is 11.8 Å². The van der Waals surface area contributed by atoms with E-state index in [0.717, 1.165) is 16.0 Å². The Morgan fingerprint density at radius 3 is 2.62 bits per heavy atom. The number of rotatable bonds is 4. The molecule has 3 rings (SSSR count). The van der Waals surface area contributed by atoms with Crippen LogP contribution in [0.1, 0.15) is 34.2 Å². The van der Waals surface area contributed by atoms with Crippen LogP contribution in [0.2, 0.25) is 0 Å². The summed E-state index contributed by atoms with van der Waals surface area (Å²) in [5.74, 6) is 5.98. The minimum Gasteiger partial charge on any atom is -0.478 e. The largest absolute Gasteiger partial charge is 0.478 e. The number of H-pyrrole nitrogens is 1. The van der Waals surface area contributed by atoms with E-state index < -0.39 is 5.97 Å². The number of thioether (sulfide) groups is 1. The van der Waals surface area contributed by atoms with Gasteiger partial charge in [-0.15, -0.1) is 17.7 Å². The summed E-state index contributed by atoms with van der Waals surface area (Å²) in [6.07, 6.45) is 0. The van der Waals surface area contributed by atoms with Crippen molar-refractivity contribution in [3.63, 3.8) is 0 Å². The standard InChI is InChI=1S/C20H16N2O3S/c1-3-4-13-7-10-16-18(12(13)2)21-17(22-19(16)23)11-26-15-8-5-14(6-9-15)20(24)25/h5-10H,11H2,1-2H3,(H,24,25)(H,21,22,23). The van der Waals surface area contributed by atoms with E-state index in [0.29, 0.717) is 22.5 Å². The zero-order valence-corrected chi connectivity index (χ0v) is 15.1. The lowest BCUT2D eigenvalue weighted by Crippen LogP contribution is -2.12. The SMILES string of the molecule is CC#Cc1ccc2c(=O)[nH]c(CSc3ccc(C(=O)O)cc3)nc2c1C. The van der Waals surface area contributed by atoms with E-state index in [1.54, 1.807) is 37.3 Å². The molecule has 0 bridgehead atoms. The molecule has 0 aliphatic heterocycles. The summed E-state index contributed by atoms with van der Waals surface area (Å²) >= 11 is 1.48. The number of hydrogen-bond acceptors (Lipinski definition) is 4. The van der Waals surface area contributed by atoms with Gasteiger partial charge in [-0.05, 0) is 55.8 Å². The normalized spacial score (nSPS) is 10.4. The average molecular weight is 364 g/mol. The highest BCUT2D eigenvalue weighted by atomic mass is 32.2. The molecular formula is C20H16N2O3S. The lowest BCUT2D eigenvalue weighted by Gasteiger charge is -2.07. The Kier molecular flexibility index (Phi) is 5.10. The minimum absolute atomic E-state index is 0.175. The summed E-state index contributed by atoms with van der Waals surface area (Å²) in [5.41, 5.74) is 2.48. The van der Waals surface area contributed by atoms with E-state index in [1.807, 2.05) is 13.0 Å². The van der Waals surface area contributed by atoms with E-state index in [-0.39, 0.29) is 11.1 Å². The van der Waals surface area contributed by atoms with Crippen molar-refractivity contribution in [3.05, 3.63) is 69.3 Å². The molecule has 6 heteroatoms. The zero-order chi connectivity index (χ0) is 18.7. The van der Waals surface area contributed by atoms with Gasteiger partial charge in [0, 0.05) is 10.5 Å². The number of carbonyl (C=O) groups is 1. The highest BCUT2D eigenvalue weighted by molar-refractivity contribution is 7.98. The molecule has 0 fully saturated rings. The molecule has 3 aromatic rings. The number of aromatic nitrogens is 2. The lowest BCUT2D eigenvalue weighted by molar-refractivity contribution is 0.0697. The van der Waals surface area contributed by atoms with Gasteiger partial charge in [-0.25, -0.2) is 9.78 Å². The van der Waals surface area contributed by atoms with Crippen molar-refractivity contribution in [1.29, 1.82) is 0 Å². The molecule has 0 saturated heterocycles. The maximum absolute atomic E-state index is 12.3. The maximum Gasteiger partial charge on any atom is 0.335 e. The van der Waals surface area contributed by atoms with Crippen LogP contribution in [0.25, 0.3) is 10.9 Å². The van der Waals surface area contributed by atoms with Crippen LogP contribution in [0.3, 0.4) is 0 Å². The molecule has 1 heterocycles. The predicted molar refractivity (Wildman–Crippen MR) is 103 cm³/mol. The van der Waals surface area contributed by atoms with Gasteiger partial charge >= 0.3 is 5.97 Å². The Morgan fingerprint density at radius 2 is 1.96 bits per heavy atom. The fraction of sp³-hybridized carbons (Fsp3) is 0.150. The number of carboxylic acids is 1. The summed E-state index contributed by atoms with van der Waals surface area (Å²) in [6, 6.07) is 10.2. The summed E-state index contributed by atoms with van der Waals surface area (Å²) in [7, 11) is 0. The van der Waals surface area contributed by atoms with Crippen molar-refractivity contribution in [2.45, 2.75) is 24.5 Å². The van der Waals surface area contributed by atoms with E-state index in [4.69, 9.17) is 5.11 Å². The van der Waals surface area contributed by atoms with Crippen LogP contribution < -0.4 is 5.56 Å². The first-order valence-corrected chi connectivity index (χ1v) is 8.89. The Hall–Kier alpha value is -3.04.